The highest BCUT2D eigenvalue weighted by Gasteiger charge is 2.22. The Hall–Kier alpha value is -3.59. The lowest BCUT2D eigenvalue weighted by atomic mass is 10.1. The van der Waals surface area contributed by atoms with E-state index in [-0.39, 0.29) is 60.9 Å². The molecule has 7 nitrogen and oxygen atoms in total. The predicted molar refractivity (Wildman–Crippen MR) is 165 cm³/mol. The molecular weight excluding hydrogens is 578 g/mol. The summed E-state index contributed by atoms with van der Waals surface area (Å²) in [5.74, 6) is -0.942. The first-order chi connectivity index (χ1) is 17.9. The summed E-state index contributed by atoms with van der Waals surface area (Å²) in [6.45, 7) is 4.34. The van der Waals surface area contributed by atoms with E-state index in [0.717, 1.165) is 11.1 Å². The number of anilines is 3. The van der Waals surface area contributed by atoms with E-state index in [0.29, 0.717) is 54.3 Å². The summed E-state index contributed by atoms with van der Waals surface area (Å²) < 4.78 is 14.2. The standard InChI is InChI=1S/C29H27FN4O3.3ClH/c1-19-6-8-20(9-7-19)16-28(35)31-21-10-11-25-22(17-21)23(29(36)37)18-27(32-25)34-14-12-33(13-15-34)26-5-3-2-4-24(26)30;;;/h2-11,17-18H,12-16H2,1H3,(H,31,35)(H,36,37);3*1H. The summed E-state index contributed by atoms with van der Waals surface area (Å²) in [6.07, 6.45) is 0.222. The van der Waals surface area contributed by atoms with Crippen LogP contribution in [0.2, 0.25) is 0 Å². The minimum atomic E-state index is -1.07. The summed E-state index contributed by atoms with van der Waals surface area (Å²) in [5, 5.41) is 13.2. The monoisotopic (exact) mass is 606 g/mol. The molecule has 11 heteroatoms. The number of pyridine rings is 1. The van der Waals surface area contributed by atoms with Crippen LogP contribution in [0.1, 0.15) is 21.5 Å². The van der Waals surface area contributed by atoms with Crippen LogP contribution in [0, 0.1) is 12.7 Å². The smallest absolute Gasteiger partial charge is 0.336 e. The predicted octanol–water partition coefficient (Wildman–Crippen LogP) is 6.15. The van der Waals surface area contributed by atoms with Gasteiger partial charge in [0, 0.05) is 37.3 Å². The number of carboxylic acid groups (broad SMARTS) is 1. The van der Waals surface area contributed by atoms with Crippen molar-refractivity contribution in [1.29, 1.82) is 0 Å². The molecule has 0 aliphatic carbocycles. The number of aromatic nitrogens is 1. The first kappa shape index (κ1) is 32.6. The molecule has 0 saturated carbocycles. The molecule has 1 aliphatic heterocycles. The summed E-state index contributed by atoms with van der Waals surface area (Å²) in [4.78, 5) is 33.4. The molecule has 1 aliphatic rings. The lowest BCUT2D eigenvalue weighted by Crippen LogP contribution is -2.47. The molecule has 0 unspecified atom stereocenters. The number of carbonyl (C=O) groups is 2. The lowest BCUT2D eigenvalue weighted by molar-refractivity contribution is -0.115. The van der Waals surface area contributed by atoms with E-state index in [1.165, 1.54) is 6.07 Å². The number of aromatic carboxylic acids is 1. The number of rotatable bonds is 6. The van der Waals surface area contributed by atoms with Crippen LogP contribution >= 0.6 is 37.2 Å². The van der Waals surface area contributed by atoms with Gasteiger partial charge in [-0.25, -0.2) is 14.2 Å². The van der Waals surface area contributed by atoms with E-state index in [9.17, 15) is 19.1 Å². The highest BCUT2D eigenvalue weighted by Crippen LogP contribution is 2.28. The quantitative estimate of drug-likeness (QED) is 0.273. The van der Waals surface area contributed by atoms with Crippen molar-refractivity contribution in [3.63, 3.8) is 0 Å². The van der Waals surface area contributed by atoms with E-state index in [1.54, 1.807) is 36.4 Å². The van der Waals surface area contributed by atoms with Crippen LogP contribution in [0.3, 0.4) is 0 Å². The molecule has 4 aromatic rings. The van der Waals surface area contributed by atoms with Crippen LogP contribution in [0.25, 0.3) is 10.9 Å². The molecule has 212 valence electrons. The molecule has 1 aromatic heterocycles. The number of carbonyl (C=O) groups excluding carboxylic acids is 1. The highest BCUT2D eigenvalue weighted by molar-refractivity contribution is 6.05. The Kier molecular flexibility index (Phi) is 11.5. The Labute approximate surface area is 250 Å². The first-order valence-electron chi connectivity index (χ1n) is 12.2. The average molecular weight is 608 g/mol. The maximum Gasteiger partial charge on any atom is 0.336 e. The molecule has 0 spiro atoms. The van der Waals surface area contributed by atoms with Crippen molar-refractivity contribution >= 4 is 77.2 Å². The number of benzene rings is 3. The summed E-state index contributed by atoms with van der Waals surface area (Å²) >= 11 is 0. The van der Waals surface area contributed by atoms with E-state index in [2.05, 4.69) is 5.32 Å². The number of hydrogen-bond donors (Lipinski definition) is 2. The van der Waals surface area contributed by atoms with Crippen LogP contribution in [0.4, 0.5) is 21.6 Å². The summed E-state index contributed by atoms with van der Waals surface area (Å²) in [5.41, 5.74) is 3.75. The second-order valence-electron chi connectivity index (χ2n) is 9.20. The number of amides is 1. The zero-order valence-electron chi connectivity index (χ0n) is 21.7. The minimum absolute atomic E-state index is 0. The Balaban J connectivity index is 0.00000187. The number of fused-ring (bicyclic) bond motifs is 1. The molecule has 40 heavy (non-hydrogen) atoms. The van der Waals surface area contributed by atoms with Crippen LogP contribution < -0.4 is 15.1 Å². The summed E-state index contributed by atoms with van der Waals surface area (Å²) in [7, 11) is 0. The van der Waals surface area contributed by atoms with Gasteiger partial charge in [0.2, 0.25) is 5.91 Å². The number of hydrogen-bond acceptors (Lipinski definition) is 5. The topological polar surface area (TPSA) is 85.8 Å². The number of piperazine rings is 1. The molecule has 2 heterocycles. The van der Waals surface area contributed by atoms with Gasteiger partial charge in [0.1, 0.15) is 11.6 Å². The van der Waals surface area contributed by atoms with Gasteiger partial charge in [-0.15, -0.1) is 37.2 Å². The fourth-order valence-electron chi connectivity index (χ4n) is 4.61. The Bertz CT molecular complexity index is 1480. The third-order valence-corrected chi connectivity index (χ3v) is 6.59. The largest absolute Gasteiger partial charge is 0.478 e. The number of carboxylic acids is 1. The normalized spacial score (nSPS) is 12.6. The van der Waals surface area contributed by atoms with Crippen molar-refractivity contribution < 1.29 is 19.1 Å². The van der Waals surface area contributed by atoms with Gasteiger partial charge in [-0.3, -0.25) is 4.79 Å². The fourth-order valence-corrected chi connectivity index (χ4v) is 4.61. The molecule has 3 aromatic carbocycles. The van der Waals surface area contributed by atoms with E-state index >= 15 is 0 Å². The molecular formula is C29H30Cl3FN4O3. The van der Waals surface area contributed by atoms with E-state index in [4.69, 9.17) is 4.98 Å². The SMILES string of the molecule is Cc1ccc(CC(=O)Nc2ccc3nc(N4CCN(c5ccccc5F)CC4)cc(C(=O)O)c3c2)cc1.Cl.Cl.Cl. The second kappa shape index (κ2) is 14.2. The number of para-hydroxylation sites is 1. The Morgan fingerprint density at radius 1 is 0.900 bits per heavy atom. The van der Waals surface area contributed by atoms with E-state index in [1.807, 2.05) is 47.1 Å². The molecule has 2 N–H and O–H groups in total. The zero-order valence-corrected chi connectivity index (χ0v) is 24.1. The van der Waals surface area contributed by atoms with Crippen molar-refractivity contribution in [2.75, 3.05) is 41.3 Å². The molecule has 0 radical (unpaired) electrons. The number of nitrogens with zero attached hydrogens (tertiary/aromatic N) is 3. The molecule has 1 fully saturated rings. The first-order valence-corrected chi connectivity index (χ1v) is 12.2. The van der Waals surface area contributed by atoms with Crippen molar-refractivity contribution in [3.8, 4) is 0 Å². The molecule has 5 rings (SSSR count). The van der Waals surface area contributed by atoms with Crippen LogP contribution in [0.5, 0.6) is 0 Å². The maximum absolute atomic E-state index is 14.2. The van der Waals surface area contributed by atoms with Gasteiger partial charge in [-0.2, -0.15) is 0 Å². The van der Waals surface area contributed by atoms with Crippen molar-refractivity contribution in [1.82, 2.24) is 4.98 Å². The van der Waals surface area contributed by atoms with Gasteiger partial charge in [0.15, 0.2) is 0 Å². The third-order valence-electron chi connectivity index (χ3n) is 6.59. The molecule has 0 atom stereocenters. The molecule has 1 amide bonds. The van der Waals surface area contributed by atoms with Gasteiger partial charge in [-0.05, 0) is 48.9 Å². The maximum atomic E-state index is 14.2. The van der Waals surface area contributed by atoms with Crippen molar-refractivity contribution in [2.45, 2.75) is 13.3 Å². The molecule has 0 bridgehead atoms. The summed E-state index contributed by atoms with van der Waals surface area (Å²) in [6, 6.07) is 21.1. The van der Waals surface area contributed by atoms with Crippen molar-refractivity contribution in [3.05, 3.63) is 95.3 Å². The van der Waals surface area contributed by atoms with Gasteiger partial charge in [0.05, 0.1) is 23.2 Å². The second-order valence-corrected chi connectivity index (χ2v) is 9.20. The average Bonchev–Trinajstić information content (AvgIpc) is 2.90. The van der Waals surface area contributed by atoms with Gasteiger partial charge in [-0.1, -0.05) is 42.0 Å². The minimum Gasteiger partial charge on any atom is -0.478 e. The Morgan fingerprint density at radius 3 is 2.20 bits per heavy atom. The fraction of sp³-hybridized carbons (Fsp3) is 0.207. The van der Waals surface area contributed by atoms with Crippen LogP contribution in [-0.4, -0.2) is 48.1 Å². The molecule has 1 saturated heterocycles. The van der Waals surface area contributed by atoms with Crippen molar-refractivity contribution in [2.24, 2.45) is 0 Å². The lowest BCUT2D eigenvalue weighted by Gasteiger charge is -2.37. The van der Waals surface area contributed by atoms with Gasteiger partial charge in [0.25, 0.3) is 0 Å². The number of nitrogens with one attached hydrogen (secondary N) is 1. The van der Waals surface area contributed by atoms with Gasteiger partial charge >= 0.3 is 5.97 Å². The zero-order chi connectivity index (χ0) is 25.9. The third kappa shape index (κ3) is 7.33. The van der Waals surface area contributed by atoms with E-state index < -0.39 is 5.97 Å². The van der Waals surface area contributed by atoms with Crippen LogP contribution in [-0.2, 0) is 11.2 Å². The number of halogens is 4. The number of aryl methyl sites for hydroxylation is 1. The highest BCUT2D eigenvalue weighted by atomic mass is 35.5. The van der Waals surface area contributed by atoms with Gasteiger partial charge < -0.3 is 20.2 Å². The Morgan fingerprint density at radius 2 is 1.55 bits per heavy atom. The van der Waals surface area contributed by atoms with Crippen LogP contribution in [0.15, 0.2) is 72.8 Å².